The molecule has 0 bridgehead atoms. The lowest BCUT2D eigenvalue weighted by molar-refractivity contribution is -0.123. The van der Waals surface area contributed by atoms with Crippen molar-refractivity contribution in [2.75, 3.05) is 11.9 Å². The second-order valence-corrected chi connectivity index (χ2v) is 10.5. The van der Waals surface area contributed by atoms with Gasteiger partial charge >= 0.3 is 0 Å². The fourth-order valence-corrected chi connectivity index (χ4v) is 5.42. The van der Waals surface area contributed by atoms with Gasteiger partial charge in [0.1, 0.15) is 0 Å². The summed E-state index contributed by atoms with van der Waals surface area (Å²) in [6, 6.07) is 13.0. The van der Waals surface area contributed by atoms with E-state index in [1.165, 1.54) is 23.1 Å². The Bertz CT molecular complexity index is 1140. The van der Waals surface area contributed by atoms with E-state index >= 15 is 0 Å². The summed E-state index contributed by atoms with van der Waals surface area (Å²) < 4.78 is 2.88. The molecule has 1 unspecified atom stereocenters. The average molecular weight is 493 g/mol. The Morgan fingerprint density at radius 2 is 1.84 bits per heavy atom. The first-order valence-electron chi connectivity index (χ1n) is 9.41. The van der Waals surface area contributed by atoms with Crippen LogP contribution in [0.5, 0.6) is 0 Å². The summed E-state index contributed by atoms with van der Waals surface area (Å²) in [6.07, 6.45) is 0. The van der Waals surface area contributed by atoms with Crippen molar-refractivity contribution >= 4 is 64.4 Å². The number of para-hydroxylation sites is 1. The monoisotopic (exact) mass is 492 g/mol. The van der Waals surface area contributed by atoms with Gasteiger partial charge in [-0.15, -0.1) is 5.10 Å². The van der Waals surface area contributed by atoms with Crippen LogP contribution in [0.25, 0.3) is 5.69 Å². The number of hydrogen-bond acceptors (Lipinski definition) is 6. The molecule has 3 aromatic rings. The van der Waals surface area contributed by atoms with Crippen molar-refractivity contribution in [3.8, 4) is 5.69 Å². The van der Waals surface area contributed by atoms with Crippen LogP contribution in [-0.4, -0.2) is 33.4 Å². The highest BCUT2D eigenvalue weighted by Crippen LogP contribution is 2.28. The number of nitrogens with one attached hydrogen (secondary N) is 2. The van der Waals surface area contributed by atoms with E-state index in [4.69, 9.17) is 23.8 Å². The summed E-state index contributed by atoms with van der Waals surface area (Å²) in [4.78, 5) is 24.7. The molecule has 1 heterocycles. The van der Waals surface area contributed by atoms with Crippen molar-refractivity contribution in [3.63, 3.8) is 0 Å². The predicted octanol–water partition coefficient (Wildman–Crippen LogP) is 5.17. The molecule has 31 heavy (non-hydrogen) atoms. The van der Waals surface area contributed by atoms with Crippen molar-refractivity contribution in [3.05, 3.63) is 62.6 Å². The number of carbonyl (C=O) groups excluding carboxylic acids is 2. The van der Waals surface area contributed by atoms with Gasteiger partial charge in [0.2, 0.25) is 11.8 Å². The molecular formula is C21H21ClN4O2S3. The lowest BCUT2D eigenvalue weighted by Gasteiger charge is -2.13. The highest BCUT2D eigenvalue weighted by molar-refractivity contribution is 8.02. The van der Waals surface area contributed by atoms with Crippen molar-refractivity contribution in [1.82, 2.24) is 15.1 Å². The number of anilines is 1. The summed E-state index contributed by atoms with van der Waals surface area (Å²) >= 11 is 13.9. The number of rotatable bonds is 7. The smallest absolute Gasteiger partial charge is 0.243 e. The van der Waals surface area contributed by atoms with Crippen LogP contribution in [0.2, 0.25) is 5.02 Å². The van der Waals surface area contributed by atoms with Gasteiger partial charge in [-0.05, 0) is 68.4 Å². The third-order valence-electron chi connectivity index (χ3n) is 4.42. The van der Waals surface area contributed by atoms with Crippen LogP contribution in [0.15, 0.2) is 46.8 Å². The van der Waals surface area contributed by atoms with Crippen molar-refractivity contribution in [2.45, 2.75) is 30.4 Å². The van der Waals surface area contributed by atoms with Crippen LogP contribution < -0.4 is 10.6 Å². The second-order valence-electron chi connectivity index (χ2n) is 6.81. The molecule has 2 aromatic carbocycles. The minimum atomic E-state index is -0.438. The van der Waals surface area contributed by atoms with Gasteiger partial charge in [0, 0.05) is 10.7 Å². The zero-order valence-electron chi connectivity index (χ0n) is 17.1. The van der Waals surface area contributed by atoms with E-state index in [1.54, 1.807) is 23.7 Å². The van der Waals surface area contributed by atoms with Gasteiger partial charge in [-0.25, -0.2) is 4.68 Å². The molecule has 0 fully saturated rings. The van der Waals surface area contributed by atoms with Gasteiger partial charge in [-0.1, -0.05) is 52.9 Å². The molecule has 2 amide bonds. The largest absolute Gasteiger partial charge is 0.346 e. The Kier molecular flexibility index (Phi) is 7.88. The van der Waals surface area contributed by atoms with Crippen molar-refractivity contribution in [2.24, 2.45) is 0 Å². The Balaban J connectivity index is 1.56. The molecule has 1 aromatic heterocycles. The summed E-state index contributed by atoms with van der Waals surface area (Å²) in [5.41, 5.74) is 3.52. The van der Waals surface area contributed by atoms with Crippen molar-refractivity contribution < 1.29 is 9.59 Å². The highest BCUT2D eigenvalue weighted by atomic mass is 35.5. The van der Waals surface area contributed by atoms with E-state index in [-0.39, 0.29) is 18.4 Å². The zero-order chi connectivity index (χ0) is 22.5. The van der Waals surface area contributed by atoms with Crippen LogP contribution in [0.1, 0.15) is 18.1 Å². The summed E-state index contributed by atoms with van der Waals surface area (Å²) in [6.45, 7) is 5.52. The first-order valence-corrected chi connectivity index (χ1v) is 11.9. The number of thioether (sulfide) groups is 1. The number of amides is 2. The standard InChI is InChI=1S/C21H21ClN4O2S3/c1-12-5-4-6-13(2)18(12)24-17(27)11-23-19(28)14(3)30-20-25-26(21(29)31-20)16-9-7-15(22)8-10-16/h4-10,14H,11H2,1-3H3,(H,23,28)(H,24,27). The maximum atomic E-state index is 12.5. The van der Waals surface area contributed by atoms with E-state index < -0.39 is 5.25 Å². The maximum absolute atomic E-state index is 12.5. The molecule has 0 spiro atoms. The van der Waals surface area contributed by atoms with Crippen LogP contribution >= 0.6 is 46.9 Å². The van der Waals surface area contributed by atoms with Gasteiger partial charge in [0.05, 0.1) is 17.5 Å². The van der Waals surface area contributed by atoms with E-state index in [2.05, 4.69) is 15.7 Å². The number of aryl methyl sites for hydroxylation is 2. The van der Waals surface area contributed by atoms with Gasteiger partial charge in [-0.2, -0.15) is 0 Å². The van der Waals surface area contributed by atoms with Gasteiger partial charge in [0.15, 0.2) is 8.29 Å². The number of hydrogen-bond donors (Lipinski definition) is 2. The van der Waals surface area contributed by atoms with Gasteiger partial charge < -0.3 is 10.6 Å². The van der Waals surface area contributed by atoms with Crippen LogP contribution in [0.3, 0.4) is 0 Å². The van der Waals surface area contributed by atoms with E-state index in [0.717, 1.165) is 22.5 Å². The topological polar surface area (TPSA) is 76.0 Å². The number of nitrogens with zero attached hydrogens (tertiary/aromatic N) is 2. The van der Waals surface area contributed by atoms with E-state index in [0.29, 0.717) is 13.3 Å². The first-order chi connectivity index (χ1) is 14.7. The maximum Gasteiger partial charge on any atom is 0.243 e. The van der Waals surface area contributed by atoms with Crippen molar-refractivity contribution in [1.29, 1.82) is 0 Å². The lowest BCUT2D eigenvalue weighted by Crippen LogP contribution is -2.37. The summed E-state index contributed by atoms with van der Waals surface area (Å²) in [7, 11) is 0. The van der Waals surface area contributed by atoms with E-state index in [9.17, 15) is 9.59 Å². The van der Waals surface area contributed by atoms with Crippen LogP contribution in [0, 0.1) is 17.8 Å². The molecule has 6 nitrogen and oxygen atoms in total. The van der Waals surface area contributed by atoms with Gasteiger partial charge in [-0.3, -0.25) is 9.59 Å². The van der Waals surface area contributed by atoms with Gasteiger partial charge in [0.25, 0.3) is 0 Å². The Morgan fingerprint density at radius 1 is 1.19 bits per heavy atom. The zero-order valence-corrected chi connectivity index (χ0v) is 20.3. The Hall–Kier alpha value is -2.20. The number of halogens is 1. The van der Waals surface area contributed by atoms with Crippen LogP contribution in [0.4, 0.5) is 5.69 Å². The molecule has 0 saturated heterocycles. The number of carbonyl (C=O) groups is 2. The molecule has 0 aliphatic heterocycles. The fourth-order valence-electron chi connectivity index (χ4n) is 2.76. The lowest BCUT2D eigenvalue weighted by atomic mass is 10.1. The molecule has 1 atom stereocenters. The molecule has 0 saturated carbocycles. The fraction of sp³-hybridized carbons (Fsp3) is 0.238. The SMILES string of the molecule is Cc1cccc(C)c1NC(=O)CNC(=O)C(C)Sc1nn(-c2ccc(Cl)cc2)c(=S)s1. The normalized spacial score (nSPS) is 11.7. The molecule has 10 heteroatoms. The highest BCUT2D eigenvalue weighted by Gasteiger charge is 2.18. The number of benzene rings is 2. The molecule has 0 aliphatic carbocycles. The summed E-state index contributed by atoms with van der Waals surface area (Å²) in [5, 5.41) is 10.2. The number of aromatic nitrogens is 2. The second kappa shape index (κ2) is 10.4. The minimum Gasteiger partial charge on any atom is -0.346 e. The molecular weight excluding hydrogens is 472 g/mol. The molecule has 0 radical (unpaired) electrons. The summed E-state index contributed by atoms with van der Waals surface area (Å²) in [5.74, 6) is -0.522. The minimum absolute atomic E-state index is 0.105. The first kappa shape index (κ1) is 23.5. The Morgan fingerprint density at radius 3 is 2.48 bits per heavy atom. The molecule has 2 N–H and O–H groups in total. The predicted molar refractivity (Wildman–Crippen MR) is 130 cm³/mol. The third-order valence-corrected chi connectivity index (χ3v) is 7.08. The third kappa shape index (κ3) is 6.16. The Labute approximate surface area is 199 Å². The quantitative estimate of drug-likeness (QED) is 0.351. The average Bonchev–Trinajstić information content (AvgIpc) is 3.09. The van der Waals surface area contributed by atoms with Crippen LogP contribution in [-0.2, 0) is 9.59 Å². The molecule has 3 rings (SSSR count). The van der Waals surface area contributed by atoms with E-state index in [1.807, 2.05) is 44.2 Å². The molecule has 162 valence electrons. The molecule has 0 aliphatic rings.